The van der Waals surface area contributed by atoms with Crippen LogP contribution in [0.1, 0.15) is 271 Å². The van der Waals surface area contributed by atoms with Crippen molar-refractivity contribution in [2.75, 3.05) is 13.2 Å². The molecule has 0 saturated carbocycles. The Morgan fingerprint density at radius 2 is 0.500 bits per heavy atom. The van der Waals surface area contributed by atoms with Gasteiger partial charge < -0.3 is 14.2 Å². The molecule has 0 fully saturated rings. The van der Waals surface area contributed by atoms with Gasteiger partial charge in [0.15, 0.2) is 6.10 Å². The summed E-state index contributed by atoms with van der Waals surface area (Å²) in [5.41, 5.74) is 0. The summed E-state index contributed by atoms with van der Waals surface area (Å²) in [4.78, 5) is 38.2. The number of ether oxygens (including phenoxy) is 3. The number of hydrogen-bond donors (Lipinski definition) is 0. The van der Waals surface area contributed by atoms with Gasteiger partial charge in [0.25, 0.3) is 0 Å². The smallest absolute Gasteiger partial charge is 0.306 e. The van der Waals surface area contributed by atoms with E-state index in [0.717, 1.165) is 141 Å². The summed E-state index contributed by atoms with van der Waals surface area (Å²) in [6.07, 6.45) is 92.8. The Morgan fingerprint density at radius 1 is 0.269 bits per heavy atom. The molecule has 0 N–H and O–H groups in total. The van der Waals surface area contributed by atoms with Crippen LogP contribution in [-0.4, -0.2) is 37.2 Å². The van der Waals surface area contributed by atoms with E-state index >= 15 is 0 Å². The average Bonchev–Trinajstić information content (AvgIpc) is 3.44. The molecule has 1 unspecified atom stereocenters. The van der Waals surface area contributed by atoms with Crippen molar-refractivity contribution in [3.8, 4) is 0 Å². The normalized spacial score (nSPS) is 13.1. The van der Waals surface area contributed by atoms with Crippen LogP contribution in [0.15, 0.2) is 146 Å². The van der Waals surface area contributed by atoms with Crippen molar-refractivity contribution in [3.05, 3.63) is 146 Å². The molecular formula is C72H116O6. The topological polar surface area (TPSA) is 78.9 Å². The molecule has 78 heavy (non-hydrogen) atoms. The lowest BCUT2D eigenvalue weighted by molar-refractivity contribution is -0.167. The highest BCUT2D eigenvalue weighted by molar-refractivity contribution is 5.71. The summed E-state index contributed by atoms with van der Waals surface area (Å²) in [6, 6.07) is 0. The van der Waals surface area contributed by atoms with E-state index in [4.69, 9.17) is 14.2 Å². The molecule has 0 aromatic heterocycles. The van der Waals surface area contributed by atoms with E-state index in [1.165, 1.54) is 83.5 Å². The fourth-order valence-electron chi connectivity index (χ4n) is 8.32. The van der Waals surface area contributed by atoms with Crippen LogP contribution < -0.4 is 0 Å². The molecule has 0 aliphatic heterocycles. The van der Waals surface area contributed by atoms with Gasteiger partial charge in [-0.25, -0.2) is 0 Å². The molecule has 1 atom stereocenters. The maximum absolute atomic E-state index is 12.9. The number of allylic oxidation sites excluding steroid dienone is 24. The van der Waals surface area contributed by atoms with E-state index in [9.17, 15) is 14.4 Å². The minimum atomic E-state index is -0.807. The van der Waals surface area contributed by atoms with Gasteiger partial charge in [0.1, 0.15) is 13.2 Å². The van der Waals surface area contributed by atoms with Crippen LogP contribution in [-0.2, 0) is 28.6 Å². The fraction of sp³-hybridized carbons (Fsp3) is 0.625. The lowest BCUT2D eigenvalue weighted by Gasteiger charge is -2.18. The van der Waals surface area contributed by atoms with Gasteiger partial charge in [-0.15, -0.1) is 0 Å². The molecule has 6 nitrogen and oxygen atoms in total. The van der Waals surface area contributed by atoms with Crippen LogP contribution >= 0.6 is 0 Å². The molecule has 0 aliphatic rings. The Bertz CT molecular complexity index is 1710. The molecule has 0 spiro atoms. The third-order valence-corrected chi connectivity index (χ3v) is 13.1. The zero-order valence-electron chi connectivity index (χ0n) is 50.4. The first kappa shape index (κ1) is 73.3. The lowest BCUT2D eigenvalue weighted by Crippen LogP contribution is -2.30. The van der Waals surface area contributed by atoms with Gasteiger partial charge in [-0.3, -0.25) is 14.4 Å². The molecule has 0 heterocycles. The maximum atomic E-state index is 12.9. The van der Waals surface area contributed by atoms with Gasteiger partial charge in [0, 0.05) is 19.3 Å². The van der Waals surface area contributed by atoms with E-state index in [1.807, 2.05) is 0 Å². The van der Waals surface area contributed by atoms with Gasteiger partial charge in [-0.2, -0.15) is 0 Å². The Labute approximate surface area is 480 Å². The number of rotatable bonds is 56. The molecular weight excluding hydrogens is 961 g/mol. The summed E-state index contributed by atoms with van der Waals surface area (Å²) in [7, 11) is 0. The molecule has 0 aromatic rings. The average molecular weight is 1080 g/mol. The van der Waals surface area contributed by atoms with Gasteiger partial charge >= 0.3 is 17.9 Å². The van der Waals surface area contributed by atoms with Crippen molar-refractivity contribution in [2.24, 2.45) is 0 Å². The predicted octanol–water partition coefficient (Wildman–Crippen LogP) is 21.9. The molecule has 0 radical (unpaired) electrons. The summed E-state index contributed by atoms with van der Waals surface area (Å²) < 4.78 is 16.8. The van der Waals surface area contributed by atoms with Crippen molar-refractivity contribution in [3.63, 3.8) is 0 Å². The lowest BCUT2D eigenvalue weighted by atomic mass is 10.1. The number of esters is 3. The second-order valence-electron chi connectivity index (χ2n) is 20.6. The van der Waals surface area contributed by atoms with Crippen LogP contribution in [0, 0.1) is 0 Å². The first-order valence-electron chi connectivity index (χ1n) is 31.8. The summed E-state index contributed by atoms with van der Waals surface area (Å²) in [6.45, 7) is 6.45. The molecule has 0 saturated heterocycles. The molecule has 440 valence electrons. The molecule has 0 rings (SSSR count). The number of carbonyl (C=O) groups excluding carboxylic acids is 3. The minimum absolute atomic E-state index is 0.0999. The maximum Gasteiger partial charge on any atom is 0.306 e. The van der Waals surface area contributed by atoms with Gasteiger partial charge in [0.05, 0.1) is 0 Å². The highest BCUT2D eigenvalue weighted by Crippen LogP contribution is 2.14. The van der Waals surface area contributed by atoms with E-state index in [1.54, 1.807) is 0 Å². The Kier molecular flexibility index (Phi) is 60.9. The zero-order chi connectivity index (χ0) is 56.4. The number of hydrogen-bond acceptors (Lipinski definition) is 6. The fourth-order valence-corrected chi connectivity index (χ4v) is 8.32. The van der Waals surface area contributed by atoms with Gasteiger partial charge in [-0.05, 0) is 128 Å². The highest BCUT2D eigenvalue weighted by atomic mass is 16.6. The van der Waals surface area contributed by atoms with Crippen LogP contribution in [0.2, 0.25) is 0 Å². The quantitative estimate of drug-likeness (QED) is 0.0261. The Balaban J connectivity index is 4.37. The van der Waals surface area contributed by atoms with Gasteiger partial charge in [-0.1, -0.05) is 269 Å². The molecule has 6 heteroatoms. The second kappa shape index (κ2) is 64.8. The van der Waals surface area contributed by atoms with Crippen LogP contribution in [0.4, 0.5) is 0 Å². The zero-order valence-corrected chi connectivity index (χ0v) is 50.4. The van der Waals surface area contributed by atoms with E-state index in [2.05, 4.69) is 167 Å². The number of unbranched alkanes of at least 4 members (excludes halogenated alkanes) is 21. The molecule has 0 aromatic carbocycles. The van der Waals surface area contributed by atoms with Crippen molar-refractivity contribution in [1.29, 1.82) is 0 Å². The third-order valence-electron chi connectivity index (χ3n) is 13.1. The largest absolute Gasteiger partial charge is 0.462 e. The van der Waals surface area contributed by atoms with Gasteiger partial charge in [0.2, 0.25) is 0 Å². The molecule has 0 bridgehead atoms. The minimum Gasteiger partial charge on any atom is -0.462 e. The Morgan fingerprint density at radius 3 is 0.821 bits per heavy atom. The van der Waals surface area contributed by atoms with E-state index in [-0.39, 0.29) is 31.1 Å². The van der Waals surface area contributed by atoms with Crippen molar-refractivity contribution in [2.45, 2.75) is 277 Å². The second-order valence-corrected chi connectivity index (χ2v) is 20.6. The van der Waals surface area contributed by atoms with Crippen molar-refractivity contribution >= 4 is 17.9 Å². The first-order chi connectivity index (χ1) is 38.5. The Hall–Kier alpha value is -4.71. The molecule has 0 amide bonds. The first-order valence-corrected chi connectivity index (χ1v) is 31.8. The standard InChI is InChI=1S/C72H116O6/c1-4-7-10-13-16-19-22-24-26-28-29-30-31-32-33-34-35-36-37-38-39-40-41-42-43-44-46-47-50-53-56-59-62-65-71(74)77-68-69(67-76-70(73)64-61-58-55-52-49-21-18-15-12-9-6-3)78-72(75)66-63-60-57-54-51-48-45-27-25-23-20-17-14-11-8-5-2/h7,10,16,19-20,23-24,26-27,29-30,32-33,35-36,38-39,41-42,44-46,50,53,69H,4-6,8-9,11-15,17-18,21-22,25,28,31,34,37,40,43,47-49,51-52,54-68H2,1-3H3/b10-7-,19-16-,23-20-,26-24-,30-29-,33-32-,36-35-,39-38-,42-41-,45-27-,46-44-,53-50-. The van der Waals surface area contributed by atoms with Crippen LogP contribution in [0.25, 0.3) is 0 Å². The van der Waals surface area contributed by atoms with E-state index < -0.39 is 6.10 Å². The summed E-state index contributed by atoms with van der Waals surface area (Å²) >= 11 is 0. The van der Waals surface area contributed by atoms with Crippen LogP contribution in [0.5, 0.6) is 0 Å². The van der Waals surface area contributed by atoms with E-state index in [0.29, 0.717) is 25.7 Å². The van der Waals surface area contributed by atoms with Crippen LogP contribution in [0.3, 0.4) is 0 Å². The summed E-state index contributed by atoms with van der Waals surface area (Å²) in [5.74, 6) is -0.962. The third kappa shape index (κ3) is 62.1. The SMILES string of the molecule is CC/C=C\C/C=C\C/C=C\C/C=C\C/C=C\C/C=C\C/C=C\C/C=C\C/C=C\C/C=C\CCCCC(=O)OCC(COC(=O)CCCCCCCCCCCCC)OC(=O)CCCCCCC/C=C\C/C=C\CCCCCC. The van der Waals surface area contributed by atoms with Crippen molar-refractivity contribution in [1.82, 2.24) is 0 Å². The molecule has 0 aliphatic carbocycles. The van der Waals surface area contributed by atoms with Crippen molar-refractivity contribution < 1.29 is 28.6 Å². The highest BCUT2D eigenvalue weighted by Gasteiger charge is 2.19. The monoisotopic (exact) mass is 1080 g/mol. The number of carbonyl (C=O) groups is 3. The predicted molar refractivity (Wildman–Crippen MR) is 339 cm³/mol. The summed E-state index contributed by atoms with van der Waals surface area (Å²) in [5, 5.41) is 0.